The van der Waals surface area contributed by atoms with Gasteiger partial charge in [-0.3, -0.25) is 0 Å². The first-order valence-electron chi connectivity index (χ1n) is 11.2. The van der Waals surface area contributed by atoms with Crippen molar-refractivity contribution in [2.24, 2.45) is 0 Å². The second-order valence-electron chi connectivity index (χ2n) is 8.00. The summed E-state index contributed by atoms with van der Waals surface area (Å²) in [4.78, 5) is 0. The largest absolute Gasteiger partial charge is 0.206 e. The van der Waals surface area contributed by atoms with Gasteiger partial charge in [-0.15, -0.1) is 0 Å². The minimum absolute atomic E-state index is 0.160. The Hall–Kier alpha value is -2.41. The lowest BCUT2D eigenvalue weighted by Crippen LogP contribution is -1.90. The fourth-order valence-corrected chi connectivity index (χ4v) is 3.86. The maximum absolute atomic E-state index is 14.8. The Kier molecular flexibility index (Phi) is 8.04. The minimum atomic E-state index is -0.160. The summed E-state index contributed by atoms with van der Waals surface area (Å²) >= 11 is 0. The third-order valence-electron chi connectivity index (χ3n) is 5.63. The molecule has 0 N–H and O–H groups in total. The normalized spacial score (nSPS) is 11.0. The van der Waals surface area contributed by atoms with E-state index in [0.717, 1.165) is 36.0 Å². The van der Waals surface area contributed by atoms with Crippen LogP contribution in [0.15, 0.2) is 66.7 Å². The monoisotopic (exact) mass is 388 g/mol. The van der Waals surface area contributed by atoms with Crippen molar-refractivity contribution in [1.29, 1.82) is 0 Å². The molecule has 0 bridgehead atoms. The van der Waals surface area contributed by atoms with E-state index in [2.05, 4.69) is 62.4 Å². The van der Waals surface area contributed by atoms with E-state index in [1.807, 2.05) is 12.1 Å². The molecule has 1 heteroatoms. The van der Waals surface area contributed by atoms with Crippen LogP contribution in [0, 0.1) is 5.82 Å². The summed E-state index contributed by atoms with van der Waals surface area (Å²) in [5, 5.41) is 0. The molecule has 0 amide bonds. The van der Waals surface area contributed by atoms with E-state index in [0.29, 0.717) is 5.56 Å². The van der Waals surface area contributed by atoms with Crippen LogP contribution in [0.4, 0.5) is 4.39 Å². The molecule has 0 aliphatic rings. The number of hydrogen-bond acceptors (Lipinski definition) is 0. The molecule has 152 valence electrons. The molecular formula is C28H33F. The Morgan fingerprint density at radius 2 is 1.14 bits per heavy atom. The molecule has 0 aliphatic heterocycles. The molecule has 0 unspecified atom stereocenters. The number of unbranched alkanes of at least 4 members (excludes halogenated alkanes) is 4. The molecule has 0 saturated heterocycles. The fourth-order valence-electron chi connectivity index (χ4n) is 3.86. The van der Waals surface area contributed by atoms with Gasteiger partial charge in [0.25, 0.3) is 0 Å². The van der Waals surface area contributed by atoms with E-state index in [9.17, 15) is 4.39 Å². The van der Waals surface area contributed by atoms with Gasteiger partial charge in [-0.25, -0.2) is 4.39 Å². The molecule has 0 nitrogen and oxygen atoms in total. The molecule has 0 aliphatic carbocycles. The van der Waals surface area contributed by atoms with E-state index in [1.54, 1.807) is 6.07 Å². The van der Waals surface area contributed by atoms with Crippen molar-refractivity contribution in [1.82, 2.24) is 0 Å². The first-order valence-corrected chi connectivity index (χ1v) is 11.2. The molecule has 3 aromatic carbocycles. The Balaban J connectivity index is 1.66. The Morgan fingerprint density at radius 1 is 0.552 bits per heavy atom. The maximum Gasteiger partial charge on any atom is 0.131 e. The zero-order valence-electron chi connectivity index (χ0n) is 17.9. The first-order chi connectivity index (χ1) is 14.2. The van der Waals surface area contributed by atoms with Crippen LogP contribution in [0.25, 0.3) is 22.3 Å². The second kappa shape index (κ2) is 11.0. The van der Waals surface area contributed by atoms with E-state index in [4.69, 9.17) is 0 Å². The van der Waals surface area contributed by atoms with Gasteiger partial charge in [0.2, 0.25) is 0 Å². The molecule has 0 saturated carbocycles. The van der Waals surface area contributed by atoms with E-state index >= 15 is 0 Å². The lowest BCUT2D eigenvalue weighted by molar-refractivity contribution is 0.631. The Labute approximate surface area is 175 Å². The van der Waals surface area contributed by atoms with Crippen LogP contribution in [0.5, 0.6) is 0 Å². The zero-order chi connectivity index (χ0) is 20.5. The van der Waals surface area contributed by atoms with Gasteiger partial charge in [0.1, 0.15) is 5.82 Å². The van der Waals surface area contributed by atoms with Crippen molar-refractivity contribution in [3.05, 3.63) is 83.7 Å². The highest BCUT2D eigenvalue weighted by molar-refractivity contribution is 5.71. The molecule has 0 spiro atoms. The van der Waals surface area contributed by atoms with Gasteiger partial charge in [0.05, 0.1) is 0 Å². The summed E-state index contributed by atoms with van der Waals surface area (Å²) in [6.45, 7) is 4.43. The molecule has 0 radical (unpaired) electrons. The molecular weight excluding hydrogens is 355 g/mol. The quantitative estimate of drug-likeness (QED) is 0.305. The van der Waals surface area contributed by atoms with E-state index < -0.39 is 0 Å². The number of hydrogen-bond donors (Lipinski definition) is 0. The van der Waals surface area contributed by atoms with Crippen molar-refractivity contribution >= 4 is 0 Å². The Bertz CT molecular complexity index is 875. The van der Waals surface area contributed by atoms with Crippen LogP contribution in [0.3, 0.4) is 0 Å². The summed E-state index contributed by atoms with van der Waals surface area (Å²) in [6, 6.07) is 22.5. The van der Waals surface area contributed by atoms with E-state index in [1.165, 1.54) is 43.2 Å². The van der Waals surface area contributed by atoms with Gasteiger partial charge in [-0.05, 0) is 53.1 Å². The summed E-state index contributed by atoms with van der Waals surface area (Å²) in [7, 11) is 0. The van der Waals surface area contributed by atoms with Crippen LogP contribution in [0.1, 0.15) is 63.5 Å². The van der Waals surface area contributed by atoms with Gasteiger partial charge in [-0.2, -0.15) is 0 Å². The van der Waals surface area contributed by atoms with E-state index in [-0.39, 0.29) is 5.82 Å². The number of aryl methyl sites for hydroxylation is 2. The average molecular weight is 389 g/mol. The highest BCUT2D eigenvalue weighted by Gasteiger charge is 2.08. The molecule has 29 heavy (non-hydrogen) atoms. The highest BCUT2D eigenvalue weighted by atomic mass is 19.1. The van der Waals surface area contributed by atoms with Crippen LogP contribution < -0.4 is 0 Å². The molecule has 3 aromatic rings. The first kappa shape index (κ1) is 21.3. The molecule has 0 aromatic heterocycles. The molecule has 0 heterocycles. The maximum atomic E-state index is 14.8. The van der Waals surface area contributed by atoms with Crippen molar-refractivity contribution in [3.63, 3.8) is 0 Å². The molecule has 3 rings (SSSR count). The predicted molar refractivity (Wildman–Crippen MR) is 124 cm³/mol. The summed E-state index contributed by atoms with van der Waals surface area (Å²) < 4.78 is 14.8. The van der Waals surface area contributed by atoms with Gasteiger partial charge in [-0.1, -0.05) is 107 Å². The van der Waals surface area contributed by atoms with Gasteiger partial charge in [0.15, 0.2) is 0 Å². The summed E-state index contributed by atoms with van der Waals surface area (Å²) in [5.74, 6) is -0.160. The summed E-state index contributed by atoms with van der Waals surface area (Å²) in [5.41, 5.74) is 6.29. The van der Waals surface area contributed by atoms with Crippen molar-refractivity contribution in [2.45, 2.75) is 65.2 Å². The number of benzene rings is 3. The SMILES string of the molecule is CCCCCCCc1ccc(-c2ccc(-c3ccc(CCC)cc3)cc2F)cc1. The molecule has 0 fully saturated rings. The van der Waals surface area contributed by atoms with Gasteiger partial charge >= 0.3 is 0 Å². The number of rotatable bonds is 10. The second-order valence-corrected chi connectivity index (χ2v) is 8.00. The van der Waals surface area contributed by atoms with Crippen LogP contribution in [-0.4, -0.2) is 0 Å². The molecule has 0 atom stereocenters. The lowest BCUT2D eigenvalue weighted by Gasteiger charge is -2.09. The van der Waals surface area contributed by atoms with Gasteiger partial charge < -0.3 is 0 Å². The van der Waals surface area contributed by atoms with Gasteiger partial charge in [0, 0.05) is 5.56 Å². The predicted octanol–water partition coefficient (Wildman–Crippen LogP) is 8.63. The third kappa shape index (κ3) is 6.03. The standard InChI is InChI=1S/C28H33F/c1-3-5-6-7-8-10-23-13-17-25(18-14-23)27-20-19-26(21-28(27)29)24-15-11-22(9-4-2)12-16-24/h11-21H,3-10H2,1-2H3. The summed E-state index contributed by atoms with van der Waals surface area (Å²) in [6.07, 6.45) is 9.81. The van der Waals surface area contributed by atoms with Crippen LogP contribution >= 0.6 is 0 Å². The van der Waals surface area contributed by atoms with Crippen LogP contribution in [-0.2, 0) is 12.8 Å². The van der Waals surface area contributed by atoms with Crippen molar-refractivity contribution in [3.8, 4) is 22.3 Å². The van der Waals surface area contributed by atoms with Crippen molar-refractivity contribution in [2.75, 3.05) is 0 Å². The fraction of sp³-hybridized carbons (Fsp3) is 0.357. The zero-order valence-corrected chi connectivity index (χ0v) is 17.9. The minimum Gasteiger partial charge on any atom is -0.206 e. The number of halogens is 1. The highest BCUT2D eigenvalue weighted by Crippen LogP contribution is 2.29. The topological polar surface area (TPSA) is 0 Å². The smallest absolute Gasteiger partial charge is 0.131 e. The van der Waals surface area contributed by atoms with Crippen molar-refractivity contribution < 1.29 is 4.39 Å². The lowest BCUT2D eigenvalue weighted by atomic mass is 9.97. The Morgan fingerprint density at radius 3 is 1.76 bits per heavy atom. The third-order valence-corrected chi connectivity index (χ3v) is 5.63. The van der Waals surface area contributed by atoms with Crippen LogP contribution in [0.2, 0.25) is 0 Å². The average Bonchev–Trinajstić information content (AvgIpc) is 2.75.